The van der Waals surface area contributed by atoms with Gasteiger partial charge in [0.15, 0.2) is 0 Å². The smallest absolute Gasteiger partial charge is 0.261 e. The van der Waals surface area contributed by atoms with Gasteiger partial charge in [-0.15, -0.1) is 11.8 Å². The normalized spacial score (nSPS) is 16.0. The third-order valence-corrected chi connectivity index (χ3v) is 6.50. The van der Waals surface area contributed by atoms with Gasteiger partial charge in [-0.1, -0.05) is 0 Å². The largest absolute Gasteiger partial charge is 0.369 e. The molecule has 7 heteroatoms. The number of anilines is 2. The molecule has 0 amide bonds. The second-order valence-electron chi connectivity index (χ2n) is 6.12. The van der Waals surface area contributed by atoms with Gasteiger partial charge in [0.05, 0.1) is 4.90 Å². The van der Waals surface area contributed by atoms with Gasteiger partial charge in [0.25, 0.3) is 10.0 Å². The summed E-state index contributed by atoms with van der Waals surface area (Å²) in [6.07, 6.45) is 1.96. The summed E-state index contributed by atoms with van der Waals surface area (Å²) in [7, 11) is -1.44. The van der Waals surface area contributed by atoms with Crippen molar-refractivity contribution in [1.82, 2.24) is 4.90 Å². The number of likely N-dealkylation sites (N-methyl/N-ethyl adjacent to an activating group) is 1. The number of hydrogen-bond donors (Lipinski definition) is 1. The third kappa shape index (κ3) is 4.48. The minimum absolute atomic E-state index is 0.272. The van der Waals surface area contributed by atoms with Crippen molar-refractivity contribution in [1.29, 1.82) is 0 Å². The predicted molar refractivity (Wildman–Crippen MR) is 105 cm³/mol. The molecule has 0 spiro atoms. The standard InChI is InChI=1S/C18H23N3O2S2/c1-20-11-13-21(14-12-20)16-5-3-15(4-6-16)19-25(22,23)18-9-7-17(24-2)8-10-18/h3-10,19H,11-14H2,1-2H3. The quantitative estimate of drug-likeness (QED) is 0.812. The van der Waals surface area contributed by atoms with Gasteiger partial charge in [-0.05, 0) is 61.8 Å². The minimum atomic E-state index is -3.56. The summed E-state index contributed by atoms with van der Waals surface area (Å²) in [4.78, 5) is 5.93. The number of hydrogen-bond acceptors (Lipinski definition) is 5. The Morgan fingerprint density at radius 1 is 0.920 bits per heavy atom. The Morgan fingerprint density at radius 2 is 1.52 bits per heavy atom. The second kappa shape index (κ2) is 7.68. The molecule has 1 heterocycles. The molecule has 0 aliphatic carbocycles. The fraction of sp³-hybridized carbons (Fsp3) is 0.333. The molecule has 2 aromatic carbocycles. The topological polar surface area (TPSA) is 52.7 Å². The lowest BCUT2D eigenvalue weighted by Crippen LogP contribution is -2.44. The van der Waals surface area contributed by atoms with Crippen LogP contribution in [0.25, 0.3) is 0 Å². The van der Waals surface area contributed by atoms with Crippen LogP contribution in [0.5, 0.6) is 0 Å². The number of rotatable bonds is 5. The first-order chi connectivity index (χ1) is 12.0. The third-order valence-electron chi connectivity index (χ3n) is 4.36. The van der Waals surface area contributed by atoms with Crippen LogP contribution in [0.3, 0.4) is 0 Å². The molecule has 0 unspecified atom stereocenters. The molecule has 0 aromatic heterocycles. The molecule has 1 saturated heterocycles. The van der Waals surface area contributed by atoms with Gasteiger partial charge in [0.1, 0.15) is 0 Å². The van der Waals surface area contributed by atoms with E-state index in [1.54, 1.807) is 23.9 Å². The Labute approximate surface area is 154 Å². The van der Waals surface area contributed by atoms with Crippen LogP contribution in [-0.4, -0.2) is 52.8 Å². The lowest BCUT2D eigenvalue weighted by Gasteiger charge is -2.34. The molecule has 1 aliphatic heterocycles. The summed E-state index contributed by atoms with van der Waals surface area (Å²) in [5.74, 6) is 0. The summed E-state index contributed by atoms with van der Waals surface area (Å²) in [6, 6.07) is 14.5. The highest BCUT2D eigenvalue weighted by atomic mass is 32.2. The van der Waals surface area contributed by atoms with E-state index in [1.807, 2.05) is 42.7 Å². The minimum Gasteiger partial charge on any atom is -0.369 e. The van der Waals surface area contributed by atoms with E-state index in [0.717, 1.165) is 36.8 Å². The molecule has 0 atom stereocenters. The predicted octanol–water partition coefficient (Wildman–Crippen LogP) is 2.96. The van der Waals surface area contributed by atoms with Crippen LogP contribution in [0.1, 0.15) is 0 Å². The maximum Gasteiger partial charge on any atom is 0.261 e. The van der Waals surface area contributed by atoms with Crippen LogP contribution in [-0.2, 0) is 10.0 Å². The molecule has 0 radical (unpaired) electrons. The number of sulfonamides is 1. The molecule has 0 saturated carbocycles. The van der Waals surface area contributed by atoms with Gasteiger partial charge in [-0.3, -0.25) is 4.72 Å². The van der Waals surface area contributed by atoms with Crippen molar-refractivity contribution >= 4 is 33.2 Å². The molecule has 1 N–H and O–H groups in total. The molecule has 0 bridgehead atoms. The van der Waals surface area contributed by atoms with Crippen LogP contribution in [0.15, 0.2) is 58.3 Å². The lowest BCUT2D eigenvalue weighted by atomic mass is 10.2. The summed E-state index contributed by atoms with van der Waals surface area (Å²) < 4.78 is 27.6. The van der Waals surface area contributed by atoms with E-state index >= 15 is 0 Å². The van der Waals surface area contributed by atoms with E-state index in [9.17, 15) is 8.42 Å². The van der Waals surface area contributed by atoms with E-state index in [2.05, 4.69) is 21.6 Å². The Hall–Kier alpha value is -1.70. The van der Waals surface area contributed by atoms with Gasteiger partial charge < -0.3 is 9.80 Å². The second-order valence-corrected chi connectivity index (χ2v) is 8.68. The Bertz CT molecular complexity index is 797. The highest BCUT2D eigenvalue weighted by molar-refractivity contribution is 7.98. The highest BCUT2D eigenvalue weighted by Crippen LogP contribution is 2.23. The summed E-state index contributed by atoms with van der Waals surface area (Å²) in [6.45, 7) is 4.06. The van der Waals surface area contributed by atoms with Crippen LogP contribution in [0.4, 0.5) is 11.4 Å². The zero-order chi connectivity index (χ0) is 17.9. The van der Waals surface area contributed by atoms with Crippen molar-refractivity contribution in [2.75, 3.05) is 49.1 Å². The molecule has 5 nitrogen and oxygen atoms in total. The van der Waals surface area contributed by atoms with Crippen molar-refractivity contribution in [2.24, 2.45) is 0 Å². The Morgan fingerprint density at radius 3 is 2.08 bits per heavy atom. The average molecular weight is 378 g/mol. The van der Waals surface area contributed by atoms with Crippen LogP contribution in [0.2, 0.25) is 0 Å². The first-order valence-corrected chi connectivity index (χ1v) is 10.9. The summed E-state index contributed by atoms with van der Waals surface area (Å²) >= 11 is 1.58. The van der Waals surface area contributed by atoms with Gasteiger partial charge in [0.2, 0.25) is 0 Å². The van der Waals surface area contributed by atoms with Gasteiger partial charge in [-0.2, -0.15) is 0 Å². The van der Waals surface area contributed by atoms with Crippen molar-refractivity contribution in [3.63, 3.8) is 0 Å². The van der Waals surface area contributed by atoms with Crippen molar-refractivity contribution < 1.29 is 8.42 Å². The highest BCUT2D eigenvalue weighted by Gasteiger charge is 2.16. The van der Waals surface area contributed by atoms with Crippen molar-refractivity contribution in [2.45, 2.75) is 9.79 Å². The van der Waals surface area contributed by atoms with Gasteiger partial charge in [-0.25, -0.2) is 8.42 Å². The maximum absolute atomic E-state index is 12.5. The molecule has 1 aliphatic rings. The van der Waals surface area contributed by atoms with E-state index in [4.69, 9.17) is 0 Å². The molecule has 25 heavy (non-hydrogen) atoms. The summed E-state index contributed by atoms with van der Waals surface area (Å²) in [5, 5.41) is 0. The van der Waals surface area contributed by atoms with Crippen LogP contribution in [0, 0.1) is 0 Å². The Kier molecular flexibility index (Phi) is 5.56. The molecule has 1 fully saturated rings. The molecule has 134 valence electrons. The van der Waals surface area contributed by atoms with E-state index in [1.165, 1.54) is 0 Å². The number of benzene rings is 2. The van der Waals surface area contributed by atoms with E-state index in [-0.39, 0.29) is 4.90 Å². The number of piperazine rings is 1. The average Bonchev–Trinajstić information content (AvgIpc) is 2.63. The van der Waals surface area contributed by atoms with Gasteiger partial charge in [0, 0.05) is 42.4 Å². The summed E-state index contributed by atoms with van der Waals surface area (Å²) in [5.41, 5.74) is 1.70. The van der Waals surface area contributed by atoms with E-state index in [0.29, 0.717) is 5.69 Å². The lowest BCUT2D eigenvalue weighted by molar-refractivity contribution is 0.313. The molecular formula is C18H23N3O2S2. The van der Waals surface area contributed by atoms with Crippen molar-refractivity contribution in [3.8, 4) is 0 Å². The van der Waals surface area contributed by atoms with Crippen molar-refractivity contribution in [3.05, 3.63) is 48.5 Å². The molecular weight excluding hydrogens is 354 g/mol. The SMILES string of the molecule is CSc1ccc(S(=O)(=O)Nc2ccc(N3CCN(C)CC3)cc2)cc1. The van der Waals surface area contributed by atoms with Crippen LogP contribution < -0.4 is 9.62 Å². The monoisotopic (exact) mass is 377 g/mol. The fourth-order valence-electron chi connectivity index (χ4n) is 2.77. The number of nitrogens with zero attached hydrogens (tertiary/aromatic N) is 2. The Balaban J connectivity index is 1.69. The van der Waals surface area contributed by atoms with Crippen LogP contribution >= 0.6 is 11.8 Å². The molecule has 3 rings (SSSR count). The molecule has 2 aromatic rings. The van der Waals surface area contributed by atoms with Gasteiger partial charge >= 0.3 is 0 Å². The maximum atomic E-state index is 12.5. The number of nitrogens with one attached hydrogen (secondary N) is 1. The first-order valence-electron chi connectivity index (χ1n) is 8.18. The van der Waals surface area contributed by atoms with E-state index < -0.39 is 10.0 Å². The number of thioether (sulfide) groups is 1. The first kappa shape index (κ1) is 18.1. The zero-order valence-corrected chi connectivity index (χ0v) is 16.1. The zero-order valence-electron chi connectivity index (χ0n) is 14.5. The fourth-order valence-corrected chi connectivity index (χ4v) is 4.24.